The summed E-state index contributed by atoms with van der Waals surface area (Å²) in [6, 6.07) is -0.135. The Kier molecular flexibility index (Phi) is 5.19. The Labute approximate surface area is 119 Å². The number of hydrogen-bond donors (Lipinski definition) is 2. The van der Waals surface area contributed by atoms with Gasteiger partial charge in [-0.15, -0.1) is 11.3 Å². The van der Waals surface area contributed by atoms with E-state index >= 15 is 0 Å². The molecule has 0 aromatic carbocycles. The molecule has 0 spiro atoms. The van der Waals surface area contributed by atoms with E-state index in [1.165, 1.54) is 29.8 Å². The Balaban J connectivity index is 1.84. The quantitative estimate of drug-likeness (QED) is 0.829. The van der Waals surface area contributed by atoms with Crippen LogP contribution in [0.3, 0.4) is 0 Å². The van der Waals surface area contributed by atoms with Gasteiger partial charge in [-0.05, 0) is 38.0 Å². The van der Waals surface area contributed by atoms with E-state index in [0.29, 0.717) is 12.5 Å². The molecule has 1 aromatic heterocycles. The van der Waals surface area contributed by atoms with Crippen LogP contribution in [0.5, 0.6) is 0 Å². The van der Waals surface area contributed by atoms with Crippen molar-refractivity contribution in [1.29, 1.82) is 0 Å². The van der Waals surface area contributed by atoms with Crippen molar-refractivity contribution < 1.29 is 4.79 Å². The summed E-state index contributed by atoms with van der Waals surface area (Å²) >= 11 is 1.63. The van der Waals surface area contributed by atoms with E-state index < -0.39 is 0 Å². The summed E-state index contributed by atoms with van der Waals surface area (Å²) in [5.41, 5.74) is 1.19. The average Bonchev–Trinajstić information content (AvgIpc) is 2.58. The first-order valence-electron chi connectivity index (χ1n) is 7.18. The number of urea groups is 1. The Morgan fingerprint density at radius 2 is 2.11 bits per heavy atom. The Bertz CT molecular complexity index is 405. The second kappa shape index (κ2) is 6.89. The maximum Gasteiger partial charge on any atom is 0.321 e. The molecule has 106 valence electrons. The first-order chi connectivity index (χ1) is 9.15. The van der Waals surface area contributed by atoms with Gasteiger partial charge in [0, 0.05) is 11.4 Å². The summed E-state index contributed by atoms with van der Waals surface area (Å²) in [5.74, 6) is 0.608. The van der Waals surface area contributed by atoms with Gasteiger partial charge in [0.15, 0.2) is 5.13 Å². The summed E-state index contributed by atoms with van der Waals surface area (Å²) in [5, 5.41) is 6.47. The number of amides is 2. The number of nitrogens with one attached hydrogen (secondary N) is 2. The van der Waals surface area contributed by atoms with Gasteiger partial charge in [0.25, 0.3) is 0 Å². The molecule has 0 bridgehead atoms. The Morgan fingerprint density at radius 3 is 2.89 bits per heavy atom. The van der Waals surface area contributed by atoms with Gasteiger partial charge in [-0.25, -0.2) is 9.78 Å². The zero-order valence-corrected chi connectivity index (χ0v) is 12.6. The van der Waals surface area contributed by atoms with Gasteiger partial charge in [-0.2, -0.15) is 0 Å². The van der Waals surface area contributed by atoms with Crippen molar-refractivity contribution in [2.75, 3.05) is 11.9 Å². The molecule has 2 rings (SSSR count). The number of hydrogen-bond acceptors (Lipinski definition) is 3. The molecule has 0 aliphatic heterocycles. The van der Waals surface area contributed by atoms with Crippen LogP contribution in [0.1, 0.15) is 50.1 Å². The number of fused-ring (bicyclic) bond motifs is 1. The molecule has 1 aliphatic rings. The average molecular weight is 281 g/mol. The van der Waals surface area contributed by atoms with Crippen LogP contribution in [0.25, 0.3) is 0 Å². The monoisotopic (exact) mass is 281 g/mol. The largest absolute Gasteiger partial charge is 0.338 e. The van der Waals surface area contributed by atoms with Crippen LogP contribution in [0.4, 0.5) is 9.93 Å². The van der Waals surface area contributed by atoms with Gasteiger partial charge in [0.05, 0.1) is 5.69 Å². The predicted octanol–water partition coefficient (Wildman–Crippen LogP) is 3.58. The van der Waals surface area contributed by atoms with Crippen molar-refractivity contribution in [2.24, 2.45) is 5.92 Å². The molecule has 1 heterocycles. The molecule has 0 fully saturated rings. The van der Waals surface area contributed by atoms with Gasteiger partial charge in [-0.3, -0.25) is 5.32 Å². The lowest BCUT2D eigenvalue weighted by molar-refractivity contribution is 0.251. The zero-order valence-electron chi connectivity index (χ0n) is 11.8. The van der Waals surface area contributed by atoms with E-state index in [9.17, 15) is 4.79 Å². The highest BCUT2D eigenvalue weighted by Crippen LogP contribution is 2.28. The van der Waals surface area contributed by atoms with Gasteiger partial charge in [0.1, 0.15) is 0 Å². The van der Waals surface area contributed by atoms with Gasteiger partial charge in [-0.1, -0.05) is 20.3 Å². The van der Waals surface area contributed by atoms with E-state index in [0.717, 1.165) is 24.4 Å². The van der Waals surface area contributed by atoms with Crippen LogP contribution in [0, 0.1) is 5.92 Å². The second-order valence-electron chi connectivity index (χ2n) is 5.51. The van der Waals surface area contributed by atoms with Gasteiger partial charge in [0.2, 0.25) is 0 Å². The van der Waals surface area contributed by atoms with Crippen LogP contribution < -0.4 is 10.6 Å². The number of aromatic nitrogens is 1. The van der Waals surface area contributed by atoms with E-state index in [4.69, 9.17) is 0 Å². The molecule has 0 unspecified atom stereocenters. The summed E-state index contributed by atoms with van der Waals surface area (Å²) in [7, 11) is 0. The van der Waals surface area contributed by atoms with Crippen molar-refractivity contribution >= 4 is 22.5 Å². The lowest BCUT2D eigenvalue weighted by Gasteiger charge is -2.06. The molecule has 2 N–H and O–H groups in total. The molecule has 5 heteroatoms. The van der Waals surface area contributed by atoms with Crippen LogP contribution in [0.2, 0.25) is 0 Å². The molecule has 19 heavy (non-hydrogen) atoms. The number of nitrogens with zero attached hydrogens (tertiary/aromatic N) is 1. The first kappa shape index (κ1) is 14.3. The maximum absolute atomic E-state index is 11.7. The molecule has 4 nitrogen and oxygen atoms in total. The molecular formula is C14H23N3OS. The molecule has 0 atom stereocenters. The topological polar surface area (TPSA) is 54.0 Å². The summed E-state index contributed by atoms with van der Waals surface area (Å²) in [6.45, 7) is 5.02. The Hall–Kier alpha value is -1.10. The van der Waals surface area contributed by atoms with Crippen molar-refractivity contribution in [2.45, 2.75) is 52.4 Å². The number of carbonyl (C=O) groups excluding carboxylic acids is 1. The van der Waals surface area contributed by atoms with Crippen molar-refractivity contribution in [3.8, 4) is 0 Å². The van der Waals surface area contributed by atoms with E-state index in [2.05, 4.69) is 29.5 Å². The molecule has 2 amide bonds. The van der Waals surface area contributed by atoms with Crippen LogP contribution in [-0.2, 0) is 12.8 Å². The zero-order chi connectivity index (χ0) is 13.7. The fraction of sp³-hybridized carbons (Fsp3) is 0.714. The van der Waals surface area contributed by atoms with Gasteiger partial charge < -0.3 is 5.32 Å². The minimum atomic E-state index is -0.135. The minimum absolute atomic E-state index is 0.135. The third-order valence-electron chi connectivity index (χ3n) is 3.32. The van der Waals surface area contributed by atoms with Crippen LogP contribution >= 0.6 is 11.3 Å². The molecular weight excluding hydrogens is 258 g/mol. The highest BCUT2D eigenvalue weighted by Gasteiger charge is 2.15. The van der Waals surface area contributed by atoms with Crippen molar-refractivity contribution in [3.63, 3.8) is 0 Å². The standard InChI is InChI=1S/C14H23N3OS/c1-10(2)8-9-15-13(18)17-14-16-11-6-4-3-5-7-12(11)19-14/h10H,3-9H2,1-2H3,(H2,15,16,17,18). The lowest BCUT2D eigenvalue weighted by Crippen LogP contribution is -2.30. The number of aryl methyl sites for hydroxylation is 2. The molecule has 0 saturated heterocycles. The molecule has 0 radical (unpaired) electrons. The summed E-state index contributed by atoms with van der Waals surface area (Å²) < 4.78 is 0. The third-order valence-corrected chi connectivity index (χ3v) is 4.40. The molecule has 1 aromatic rings. The fourth-order valence-electron chi connectivity index (χ4n) is 2.20. The SMILES string of the molecule is CC(C)CCNC(=O)Nc1nc2c(s1)CCCCC2. The first-order valence-corrected chi connectivity index (χ1v) is 8.00. The lowest BCUT2D eigenvalue weighted by atomic mass is 10.1. The fourth-order valence-corrected chi connectivity index (χ4v) is 3.24. The van der Waals surface area contributed by atoms with Crippen molar-refractivity contribution in [1.82, 2.24) is 10.3 Å². The summed E-state index contributed by atoms with van der Waals surface area (Å²) in [4.78, 5) is 17.6. The smallest absolute Gasteiger partial charge is 0.321 e. The molecule has 0 saturated carbocycles. The number of anilines is 1. The number of thiazole rings is 1. The molecule has 1 aliphatic carbocycles. The highest BCUT2D eigenvalue weighted by atomic mass is 32.1. The predicted molar refractivity (Wildman–Crippen MR) is 79.8 cm³/mol. The van der Waals surface area contributed by atoms with Crippen LogP contribution in [-0.4, -0.2) is 17.6 Å². The number of rotatable bonds is 4. The van der Waals surface area contributed by atoms with E-state index in [-0.39, 0.29) is 6.03 Å². The van der Waals surface area contributed by atoms with Gasteiger partial charge >= 0.3 is 6.03 Å². The normalized spacial score (nSPS) is 14.9. The maximum atomic E-state index is 11.7. The minimum Gasteiger partial charge on any atom is -0.338 e. The summed E-state index contributed by atoms with van der Waals surface area (Å²) in [6.07, 6.45) is 6.93. The van der Waals surface area contributed by atoms with Crippen LogP contribution in [0.15, 0.2) is 0 Å². The van der Waals surface area contributed by atoms with Crippen molar-refractivity contribution in [3.05, 3.63) is 10.6 Å². The second-order valence-corrected chi connectivity index (χ2v) is 6.60. The van der Waals surface area contributed by atoms with E-state index in [1.807, 2.05) is 0 Å². The third kappa shape index (κ3) is 4.49. The Morgan fingerprint density at radius 1 is 1.32 bits per heavy atom. The number of carbonyl (C=O) groups is 1. The highest BCUT2D eigenvalue weighted by molar-refractivity contribution is 7.15. The van der Waals surface area contributed by atoms with E-state index in [1.54, 1.807) is 11.3 Å².